The molecule has 0 amide bonds. The Hall–Kier alpha value is -2.29. The van der Waals surface area contributed by atoms with Crippen LogP contribution in [0.3, 0.4) is 0 Å². The van der Waals surface area contributed by atoms with Gasteiger partial charge in [0.05, 0.1) is 5.71 Å². The molecule has 0 spiro atoms. The lowest BCUT2D eigenvalue weighted by atomic mass is 10.1. The number of phenols is 1. The molecule has 0 radical (unpaired) electrons. The largest absolute Gasteiger partial charge is 0.506 e. The van der Waals surface area contributed by atoms with E-state index in [4.69, 9.17) is 0 Å². The van der Waals surface area contributed by atoms with Crippen molar-refractivity contribution in [3.05, 3.63) is 60.7 Å². The maximum atomic E-state index is 9.71. The second-order valence-corrected chi connectivity index (χ2v) is 3.74. The summed E-state index contributed by atoms with van der Waals surface area (Å²) in [7, 11) is 1.79. The SMILES string of the molecule is C=C1C=CC=C/C1=N/N(C)c1ccccc1O. The lowest BCUT2D eigenvalue weighted by molar-refractivity contribution is 0.475. The molecule has 1 aromatic carbocycles. The van der Waals surface area contributed by atoms with Gasteiger partial charge in [0.25, 0.3) is 0 Å². The van der Waals surface area contributed by atoms with Crippen molar-refractivity contribution in [2.75, 3.05) is 12.1 Å². The molecule has 1 aliphatic carbocycles. The Morgan fingerprint density at radius 2 is 1.88 bits per heavy atom. The number of rotatable bonds is 2. The number of phenolic OH excluding ortho intramolecular Hbond substituents is 1. The monoisotopic (exact) mass is 226 g/mol. The van der Waals surface area contributed by atoms with Gasteiger partial charge in [0.15, 0.2) is 0 Å². The minimum Gasteiger partial charge on any atom is -0.506 e. The Balaban J connectivity index is 2.28. The van der Waals surface area contributed by atoms with E-state index in [1.165, 1.54) is 0 Å². The van der Waals surface area contributed by atoms with Gasteiger partial charge in [-0.05, 0) is 23.8 Å². The summed E-state index contributed by atoms with van der Waals surface area (Å²) in [6, 6.07) is 7.08. The first kappa shape index (κ1) is 11.2. The van der Waals surface area contributed by atoms with Crippen molar-refractivity contribution in [3.63, 3.8) is 0 Å². The zero-order valence-corrected chi connectivity index (χ0v) is 9.67. The van der Waals surface area contributed by atoms with Gasteiger partial charge >= 0.3 is 0 Å². The quantitative estimate of drug-likeness (QED) is 0.787. The molecule has 3 nitrogen and oxygen atoms in total. The molecule has 1 aliphatic rings. The molecule has 0 bridgehead atoms. The van der Waals surface area contributed by atoms with E-state index >= 15 is 0 Å². The summed E-state index contributed by atoms with van der Waals surface area (Å²) in [5, 5.41) is 15.7. The Labute approximate surface area is 101 Å². The molecule has 0 aliphatic heterocycles. The third-order valence-electron chi connectivity index (χ3n) is 2.48. The van der Waals surface area contributed by atoms with Crippen molar-refractivity contribution in [2.24, 2.45) is 5.10 Å². The van der Waals surface area contributed by atoms with E-state index in [0.717, 1.165) is 11.3 Å². The summed E-state index contributed by atoms with van der Waals surface area (Å²) in [5.74, 6) is 0.209. The first-order chi connectivity index (χ1) is 8.18. The maximum Gasteiger partial charge on any atom is 0.140 e. The van der Waals surface area contributed by atoms with Crippen LogP contribution < -0.4 is 5.01 Å². The number of allylic oxidation sites excluding steroid dienone is 5. The van der Waals surface area contributed by atoms with Gasteiger partial charge in [0.2, 0.25) is 0 Å². The van der Waals surface area contributed by atoms with Crippen LogP contribution >= 0.6 is 0 Å². The van der Waals surface area contributed by atoms with E-state index < -0.39 is 0 Å². The molecule has 2 rings (SSSR count). The number of hydrazone groups is 1. The molecule has 0 saturated heterocycles. The zero-order valence-electron chi connectivity index (χ0n) is 9.67. The fraction of sp³-hybridized carbons (Fsp3) is 0.0714. The Morgan fingerprint density at radius 1 is 1.18 bits per heavy atom. The molecule has 17 heavy (non-hydrogen) atoms. The standard InChI is InChI=1S/C14H14N2O/c1-11-7-3-4-8-12(11)15-16(2)13-9-5-6-10-14(13)17/h3-10,17H,1H2,2H3/b15-12-. The summed E-state index contributed by atoms with van der Waals surface area (Å²) in [6.07, 6.45) is 7.61. The number of hydrogen-bond acceptors (Lipinski definition) is 3. The first-order valence-corrected chi connectivity index (χ1v) is 5.33. The van der Waals surface area contributed by atoms with Crippen molar-refractivity contribution >= 4 is 11.4 Å². The summed E-state index contributed by atoms with van der Waals surface area (Å²) < 4.78 is 0. The molecule has 0 saturated carbocycles. The van der Waals surface area contributed by atoms with Crippen LogP contribution in [0.1, 0.15) is 0 Å². The number of benzene rings is 1. The maximum absolute atomic E-state index is 9.71. The van der Waals surface area contributed by atoms with E-state index in [0.29, 0.717) is 5.69 Å². The van der Waals surface area contributed by atoms with Crippen LogP contribution in [-0.4, -0.2) is 17.9 Å². The molecule has 0 heterocycles. The van der Waals surface area contributed by atoms with Crippen LogP contribution in [0.4, 0.5) is 5.69 Å². The highest BCUT2D eigenvalue weighted by molar-refractivity contribution is 6.11. The smallest absolute Gasteiger partial charge is 0.140 e. The highest BCUT2D eigenvalue weighted by Gasteiger charge is 2.07. The molecule has 0 unspecified atom stereocenters. The van der Waals surface area contributed by atoms with Crippen LogP contribution in [0.25, 0.3) is 0 Å². The predicted molar refractivity (Wildman–Crippen MR) is 71.4 cm³/mol. The van der Waals surface area contributed by atoms with Gasteiger partial charge in [0.1, 0.15) is 11.4 Å². The van der Waals surface area contributed by atoms with Crippen molar-refractivity contribution < 1.29 is 5.11 Å². The molecule has 0 atom stereocenters. The van der Waals surface area contributed by atoms with E-state index in [-0.39, 0.29) is 5.75 Å². The number of para-hydroxylation sites is 2. The molecule has 3 heteroatoms. The van der Waals surface area contributed by atoms with Gasteiger partial charge in [-0.2, -0.15) is 5.10 Å². The fourth-order valence-electron chi connectivity index (χ4n) is 1.56. The average Bonchev–Trinajstić information content (AvgIpc) is 2.32. The summed E-state index contributed by atoms with van der Waals surface area (Å²) in [5.41, 5.74) is 2.31. The number of aromatic hydroxyl groups is 1. The molecular formula is C14H14N2O. The molecule has 0 fully saturated rings. The van der Waals surface area contributed by atoms with E-state index in [9.17, 15) is 5.11 Å². The summed E-state index contributed by atoms with van der Waals surface area (Å²) >= 11 is 0. The Bertz CT molecular complexity index is 527. The lowest BCUT2D eigenvalue weighted by Crippen LogP contribution is -2.13. The highest BCUT2D eigenvalue weighted by Crippen LogP contribution is 2.25. The van der Waals surface area contributed by atoms with E-state index in [2.05, 4.69) is 11.7 Å². The minimum absolute atomic E-state index is 0.209. The van der Waals surface area contributed by atoms with Crippen LogP contribution in [0.15, 0.2) is 65.8 Å². The van der Waals surface area contributed by atoms with Gasteiger partial charge in [-0.1, -0.05) is 36.9 Å². The molecule has 86 valence electrons. The molecule has 1 N–H and O–H groups in total. The van der Waals surface area contributed by atoms with Gasteiger partial charge < -0.3 is 5.11 Å². The van der Waals surface area contributed by atoms with Gasteiger partial charge in [-0.15, -0.1) is 0 Å². The first-order valence-electron chi connectivity index (χ1n) is 5.33. The van der Waals surface area contributed by atoms with Crippen molar-refractivity contribution in [1.29, 1.82) is 0 Å². The van der Waals surface area contributed by atoms with Crippen LogP contribution in [0.2, 0.25) is 0 Å². The van der Waals surface area contributed by atoms with Gasteiger partial charge in [0, 0.05) is 7.05 Å². The Morgan fingerprint density at radius 3 is 2.59 bits per heavy atom. The lowest BCUT2D eigenvalue weighted by Gasteiger charge is -2.16. The topological polar surface area (TPSA) is 35.8 Å². The minimum atomic E-state index is 0.209. The third kappa shape index (κ3) is 2.45. The van der Waals surface area contributed by atoms with Crippen LogP contribution in [0.5, 0.6) is 5.75 Å². The molecule has 0 aromatic heterocycles. The fourth-order valence-corrected chi connectivity index (χ4v) is 1.56. The van der Waals surface area contributed by atoms with Crippen LogP contribution in [0, 0.1) is 0 Å². The van der Waals surface area contributed by atoms with Gasteiger partial charge in [-0.25, -0.2) is 0 Å². The third-order valence-corrected chi connectivity index (χ3v) is 2.48. The summed E-state index contributed by atoms with van der Waals surface area (Å²) in [4.78, 5) is 0. The van der Waals surface area contributed by atoms with Crippen molar-refractivity contribution in [3.8, 4) is 5.75 Å². The second-order valence-electron chi connectivity index (χ2n) is 3.74. The average molecular weight is 226 g/mol. The number of nitrogens with zero attached hydrogens (tertiary/aromatic N) is 2. The zero-order chi connectivity index (χ0) is 12.3. The van der Waals surface area contributed by atoms with Crippen molar-refractivity contribution in [2.45, 2.75) is 0 Å². The number of anilines is 1. The summed E-state index contributed by atoms with van der Waals surface area (Å²) in [6.45, 7) is 3.91. The van der Waals surface area contributed by atoms with Crippen molar-refractivity contribution in [1.82, 2.24) is 0 Å². The normalized spacial score (nSPS) is 16.5. The second kappa shape index (κ2) is 4.70. The predicted octanol–water partition coefficient (Wildman–Crippen LogP) is 2.87. The highest BCUT2D eigenvalue weighted by atomic mass is 16.3. The van der Waals surface area contributed by atoms with E-state index in [1.807, 2.05) is 36.4 Å². The number of hydrogen-bond donors (Lipinski definition) is 1. The Kier molecular flexibility index (Phi) is 3.10. The molecule has 1 aromatic rings. The van der Waals surface area contributed by atoms with Crippen LogP contribution in [-0.2, 0) is 0 Å². The van der Waals surface area contributed by atoms with E-state index in [1.54, 1.807) is 24.2 Å². The molecular weight excluding hydrogens is 212 g/mol. The van der Waals surface area contributed by atoms with Gasteiger partial charge in [-0.3, -0.25) is 5.01 Å².